The van der Waals surface area contributed by atoms with Crippen molar-refractivity contribution in [1.29, 1.82) is 0 Å². The number of aryl methyl sites for hydroxylation is 2. The zero-order valence-electron chi connectivity index (χ0n) is 11.5. The second kappa shape index (κ2) is 5.58. The minimum atomic E-state index is 0.201. The number of hydrogen-bond donors (Lipinski definition) is 0. The summed E-state index contributed by atoms with van der Waals surface area (Å²) in [6.45, 7) is 0. The number of Topliss-reactive ketones (excluding diaryl/α,β-unsaturated/α-hetero) is 2. The number of hydrogen-bond acceptors (Lipinski definition) is 2. The quantitative estimate of drug-likeness (QED) is 0.729. The third-order valence-corrected chi connectivity index (χ3v) is 4.13. The number of ketones is 2. The van der Waals surface area contributed by atoms with E-state index >= 15 is 0 Å². The van der Waals surface area contributed by atoms with Gasteiger partial charge in [-0.05, 0) is 34.7 Å². The molecule has 0 radical (unpaired) electrons. The van der Waals surface area contributed by atoms with E-state index in [1.807, 2.05) is 12.1 Å². The zero-order valence-corrected chi connectivity index (χ0v) is 11.5. The van der Waals surface area contributed by atoms with Crippen molar-refractivity contribution in [1.82, 2.24) is 0 Å². The average molecular weight is 266 g/mol. The van der Waals surface area contributed by atoms with Gasteiger partial charge in [0, 0.05) is 25.7 Å². The number of benzene rings is 2. The van der Waals surface area contributed by atoms with Crippen molar-refractivity contribution in [2.45, 2.75) is 38.5 Å². The van der Waals surface area contributed by atoms with E-state index in [0.29, 0.717) is 25.7 Å². The van der Waals surface area contributed by atoms with E-state index in [4.69, 9.17) is 0 Å². The Labute approximate surface area is 118 Å². The van der Waals surface area contributed by atoms with Crippen molar-refractivity contribution in [3.05, 3.63) is 47.5 Å². The Hall–Kier alpha value is -1.96. The van der Waals surface area contributed by atoms with Crippen molar-refractivity contribution in [2.24, 2.45) is 0 Å². The first-order valence-corrected chi connectivity index (χ1v) is 7.27. The van der Waals surface area contributed by atoms with Gasteiger partial charge in [-0.15, -0.1) is 0 Å². The molecule has 2 bridgehead atoms. The Balaban J connectivity index is 2.08. The molecule has 0 saturated heterocycles. The van der Waals surface area contributed by atoms with Crippen LogP contribution in [0.15, 0.2) is 36.4 Å². The third-order valence-electron chi connectivity index (χ3n) is 4.13. The van der Waals surface area contributed by atoms with Gasteiger partial charge in [-0.25, -0.2) is 0 Å². The summed E-state index contributed by atoms with van der Waals surface area (Å²) in [5, 5.41) is 2.46. The highest BCUT2D eigenvalue weighted by Crippen LogP contribution is 2.26. The predicted octanol–water partition coefficient (Wildman–Crippen LogP) is 3.64. The molecular formula is C18H18O2. The molecular weight excluding hydrogens is 248 g/mol. The van der Waals surface area contributed by atoms with Crippen molar-refractivity contribution < 1.29 is 9.59 Å². The van der Waals surface area contributed by atoms with Gasteiger partial charge in [0.05, 0.1) is 0 Å². The molecule has 4 rings (SSSR count). The molecule has 20 heavy (non-hydrogen) atoms. The van der Waals surface area contributed by atoms with Gasteiger partial charge < -0.3 is 0 Å². The number of fused-ring (bicyclic) bond motifs is 8. The van der Waals surface area contributed by atoms with Crippen molar-refractivity contribution >= 4 is 22.3 Å². The van der Waals surface area contributed by atoms with E-state index in [1.165, 1.54) is 21.9 Å². The van der Waals surface area contributed by atoms with Crippen LogP contribution in [0.4, 0.5) is 0 Å². The van der Waals surface area contributed by atoms with Crippen molar-refractivity contribution in [3.8, 4) is 0 Å². The van der Waals surface area contributed by atoms with Crippen molar-refractivity contribution in [2.75, 3.05) is 0 Å². The maximum atomic E-state index is 11.8. The first-order chi connectivity index (χ1) is 9.74. The van der Waals surface area contributed by atoms with Gasteiger partial charge in [0.2, 0.25) is 0 Å². The first-order valence-electron chi connectivity index (χ1n) is 7.27. The molecule has 0 saturated carbocycles. The summed E-state index contributed by atoms with van der Waals surface area (Å²) in [6, 6.07) is 12.6. The summed E-state index contributed by atoms with van der Waals surface area (Å²) < 4.78 is 0. The van der Waals surface area contributed by atoms with Crippen LogP contribution in [0.25, 0.3) is 10.8 Å². The standard InChI is InChI=1S/C18H18O2/c19-15-9-7-13-5-6-14(8-10-16(20)12-11-15)18-4-2-1-3-17(13)18/h1-6H,7-12H2. The van der Waals surface area contributed by atoms with Crippen LogP contribution < -0.4 is 0 Å². The predicted molar refractivity (Wildman–Crippen MR) is 79.8 cm³/mol. The Morgan fingerprint density at radius 2 is 0.950 bits per heavy atom. The van der Waals surface area contributed by atoms with E-state index in [1.54, 1.807) is 0 Å². The van der Waals surface area contributed by atoms with Gasteiger partial charge >= 0.3 is 0 Å². The molecule has 0 aromatic heterocycles. The molecule has 2 aliphatic rings. The van der Waals surface area contributed by atoms with Crippen LogP contribution in [0, 0.1) is 0 Å². The van der Waals surface area contributed by atoms with Crippen LogP contribution in [0.2, 0.25) is 0 Å². The van der Waals surface area contributed by atoms with Crippen LogP contribution in [0.1, 0.15) is 36.8 Å². The second-order valence-electron chi connectivity index (χ2n) is 5.51. The highest BCUT2D eigenvalue weighted by Gasteiger charge is 2.13. The third kappa shape index (κ3) is 2.64. The highest BCUT2D eigenvalue weighted by molar-refractivity contribution is 5.91. The molecule has 0 unspecified atom stereocenters. The summed E-state index contributed by atoms with van der Waals surface area (Å²) in [4.78, 5) is 23.7. The van der Waals surface area contributed by atoms with Crippen LogP contribution in [-0.2, 0) is 22.4 Å². The largest absolute Gasteiger partial charge is 0.300 e. The lowest BCUT2D eigenvalue weighted by Gasteiger charge is -2.12. The second-order valence-corrected chi connectivity index (χ2v) is 5.51. The molecule has 0 heterocycles. The van der Waals surface area contributed by atoms with E-state index in [0.717, 1.165) is 12.8 Å². The summed E-state index contributed by atoms with van der Waals surface area (Å²) in [7, 11) is 0. The molecule has 0 aliphatic heterocycles. The molecule has 0 N–H and O–H groups in total. The van der Waals surface area contributed by atoms with E-state index in [-0.39, 0.29) is 11.6 Å². The Kier molecular flexibility index (Phi) is 3.64. The summed E-state index contributed by atoms with van der Waals surface area (Å²) in [5.41, 5.74) is 2.48. The molecule has 102 valence electrons. The molecule has 2 aromatic carbocycles. The van der Waals surface area contributed by atoms with E-state index in [2.05, 4.69) is 24.3 Å². The van der Waals surface area contributed by atoms with Gasteiger partial charge in [-0.2, -0.15) is 0 Å². The lowest BCUT2D eigenvalue weighted by molar-refractivity contribution is -0.124. The number of rotatable bonds is 0. The van der Waals surface area contributed by atoms with Gasteiger partial charge in [-0.3, -0.25) is 9.59 Å². The monoisotopic (exact) mass is 266 g/mol. The number of carbonyl (C=O) groups excluding carboxylic acids is 2. The average Bonchev–Trinajstić information content (AvgIpc) is 2.48. The lowest BCUT2D eigenvalue weighted by atomic mass is 9.92. The highest BCUT2D eigenvalue weighted by atomic mass is 16.1. The van der Waals surface area contributed by atoms with E-state index in [9.17, 15) is 9.59 Å². The van der Waals surface area contributed by atoms with Gasteiger partial charge in [0.1, 0.15) is 11.6 Å². The SMILES string of the molecule is O=C1CCC(=O)CCc2ccc(c3ccccc23)CC1. The summed E-state index contributed by atoms with van der Waals surface area (Å²) in [5.74, 6) is 0.402. The first kappa shape index (κ1) is 13.0. The number of carbonyl (C=O) groups is 2. The molecule has 2 aromatic rings. The van der Waals surface area contributed by atoms with E-state index < -0.39 is 0 Å². The fourth-order valence-electron chi connectivity index (χ4n) is 2.94. The van der Waals surface area contributed by atoms with Crippen LogP contribution >= 0.6 is 0 Å². The zero-order chi connectivity index (χ0) is 13.9. The molecule has 0 atom stereocenters. The Morgan fingerprint density at radius 3 is 1.40 bits per heavy atom. The fourth-order valence-corrected chi connectivity index (χ4v) is 2.94. The van der Waals surface area contributed by atoms with Crippen LogP contribution in [0.5, 0.6) is 0 Å². The summed E-state index contributed by atoms with van der Waals surface area (Å²) >= 11 is 0. The molecule has 2 nitrogen and oxygen atoms in total. The normalized spacial score (nSPS) is 17.0. The van der Waals surface area contributed by atoms with Gasteiger partial charge in [0.25, 0.3) is 0 Å². The van der Waals surface area contributed by atoms with Gasteiger partial charge in [0.15, 0.2) is 0 Å². The Morgan fingerprint density at radius 1 is 0.550 bits per heavy atom. The van der Waals surface area contributed by atoms with Gasteiger partial charge in [-0.1, -0.05) is 36.4 Å². The Bertz CT molecular complexity index is 612. The molecule has 0 fully saturated rings. The maximum Gasteiger partial charge on any atom is 0.133 e. The molecule has 0 amide bonds. The minimum absolute atomic E-state index is 0.201. The smallest absolute Gasteiger partial charge is 0.133 e. The maximum absolute atomic E-state index is 11.8. The van der Waals surface area contributed by atoms with Crippen LogP contribution in [0.3, 0.4) is 0 Å². The molecule has 2 aliphatic carbocycles. The fraction of sp³-hybridized carbons (Fsp3) is 0.333. The lowest BCUT2D eigenvalue weighted by Crippen LogP contribution is -2.08. The van der Waals surface area contributed by atoms with Crippen molar-refractivity contribution in [3.63, 3.8) is 0 Å². The topological polar surface area (TPSA) is 34.1 Å². The minimum Gasteiger partial charge on any atom is -0.300 e. The summed E-state index contributed by atoms with van der Waals surface area (Å²) in [6.07, 6.45) is 3.44. The molecule has 2 heteroatoms. The molecule has 0 spiro atoms. The van der Waals surface area contributed by atoms with Crippen LogP contribution in [-0.4, -0.2) is 11.6 Å².